The summed E-state index contributed by atoms with van der Waals surface area (Å²) in [4.78, 5) is 2.32. The highest BCUT2D eigenvalue weighted by atomic mass is 16.5. The summed E-state index contributed by atoms with van der Waals surface area (Å²) in [7, 11) is 0. The van der Waals surface area contributed by atoms with Gasteiger partial charge in [-0.3, -0.25) is 4.90 Å². The molecule has 0 spiro atoms. The first-order valence-electron chi connectivity index (χ1n) is 8.77. The highest BCUT2D eigenvalue weighted by Crippen LogP contribution is 2.13. The number of ether oxygens (including phenoxy) is 3. The Labute approximate surface area is 146 Å². The molecule has 1 atom stereocenters. The average molecular weight is 331 g/mol. The third-order valence-corrected chi connectivity index (χ3v) is 4.19. The standard InChI is InChI=1S/C20H29NO3/c1-3-20(2,10-7-11-21-12-14-22-15-13-21)24-17-16-23-18-19-8-5-4-6-9-19/h4-6,8-9H,3,11-18H2,1-2H3/t20-/m0/s1. The molecule has 0 aliphatic carbocycles. The molecule has 1 aromatic carbocycles. The van der Waals surface area contributed by atoms with Crippen LogP contribution in [0.4, 0.5) is 0 Å². The van der Waals surface area contributed by atoms with Crippen molar-refractivity contribution in [3.05, 3.63) is 35.9 Å². The number of hydrogen-bond donors (Lipinski definition) is 0. The average Bonchev–Trinajstić information content (AvgIpc) is 2.63. The topological polar surface area (TPSA) is 30.9 Å². The van der Waals surface area contributed by atoms with Crippen LogP contribution in [0, 0.1) is 11.8 Å². The minimum Gasteiger partial charge on any atom is -0.379 e. The highest BCUT2D eigenvalue weighted by molar-refractivity contribution is 5.14. The zero-order chi connectivity index (χ0) is 17.1. The van der Waals surface area contributed by atoms with E-state index in [-0.39, 0.29) is 0 Å². The Morgan fingerprint density at radius 1 is 1.17 bits per heavy atom. The van der Waals surface area contributed by atoms with Gasteiger partial charge in [-0.25, -0.2) is 0 Å². The van der Waals surface area contributed by atoms with E-state index in [0.717, 1.165) is 39.3 Å². The Balaban J connectivity index is 1.66. The van der Waals surface area contributed by atoms with Gasteiger partial charge in [-0.1, -0.05) is 49.1 Å². The van der Waals surface area contributed by atoms with E-state index >= 15 is 0 Å². The highest BCUT2D eigenvalue weighted by Gasteiger charge is 2.19. The van der Waals surface area contributed by atoms with Crippen molar-refractivity contribution in [2.75, 3.05) is 46.1 Å². The van der Waals surface area contributed by atoms with Gasteiger partial charge in [-0.15, -0.1) is 0 Å². The van der Waals surface area contributed by atoms with Crippen LogP contribution in [-0.4, -0.2) is 56.6 Å². The largest absolute Gasteiger partial charge is 0.379 e. The number of nitrogens with zero attached hydrogens (tertiary/aromatic N) is 1. The second kappa shape index (κ2) is 10.5. The molecule has 0 aromatic heterocycles. The molecule has 24 heavy (non-hydrogen) atoms. The van der Waals surface area contributed by atoms with Crippen molar-refractivity contribution in [1.82, 2.24) is 4.90 Å². The van der Waals surface area contributed by atoms with Crippen molar-refractivity contribution < 1.29 is 14.2 Å². The molecular formula is C20H29NO3. The van der Waals surface area contributed by atoms with Gasteiger partial charge in [0.25, 0.3) is 0 Å². The molecule has 0 saturated carbocycles. The molecule has 1 heterocycles. The summed E-state index contributed by atoms with van der Waals surface area (Å²) < 4.78 is 17.0. The predicted octanol–water partition coefficient (Wildman–Crippen LogP) is 2.72. The molecule has 0 unspecified atom stereocenters. The van der Waals surface area contributed by atoms with E-state index < -0.39 is 5.60 Å². The minimum atomic E-state index is -0.400. The maximum absolute atomic E-state index is 5.96. The summed E-state index contributed by atoms with van der Waals surface area (Å²) >= 11 is 0. The second-order valence-corrected chi connectivity index (χ2v) is 6.16. The molecular weight excluding hydrogens is 302 g/mol. The molecule has 4 heteroatoms. The Bertz CT molecular complexity index is 517. The van der Waals surface area contributed by atoms with E-state index in [0.29, 0.717) is 19.8 Å². The number of morpholine rings is 1. The Morgan fingerprint density at radius 3 is 2.62 bits per heavy atom. The number of benzene rings is 1. The summed E-state index contributed by atoms with van der Waals surface area (Å²) in [5.74, 6) is 6.56. The zero-order valence-electron chi connectivity index (χ0n) is 14.9. The fourth-order valence-electron chi connectivity index (χ4n) is 2.41. The molecule has 1 aliphatic heterocycles. The fraction of sp³-hybridized carbons (Fsp3) is 0.600. The SMILES string of the molecule is CC[C@@](C)(C#CCN1CCOCC1)OCCOCc1ccccc1. The first kappa shape index (κ1) is 19.0. The quantitative estimate of drug-likeness (QED) is 0.541. The number of hydrogen-bond acceptors (Lipinski definition) is 4. The zero-order valence-corrected chi connectivity index (χ0v) is 14.9. The lowest BCUT2D eigenvalue weighted by atomic mass is 10.0. The van der Waals surface area contributed by atoms with Crippen LogP contribution >= 0.6 is 0 Å². The monoisotopic (exact) mass is 331 g/mol. The van der Waals surface area contributed by atoms with Crippen molar-refractivity contribution in [2.24, 2.45) is 0 Å². The van der Waals surface area contributed by atoms with Crippen molar-refractivity contribution in [3.8, 4) is 11.8 Å². The first-order valence-corrected chi connectivity index (χ1v) is 8.77. The summed E-state index contributed by atoms with van der Waals surface area (Å²) in [6, 6.07) is 10.2. The first-order chi connectivity index (χ1) is 11.7. The van der Waals surface area contributed by atoms with Gasteiger partial charge >= 0.3 is 0 Å². The van der Waals surface area contributed by atoms with E-state index in [1.165, 1.54) is 5.56 Å². The van der Waals surface area contributed by atoms with E-state index in [4.69, 9.17) is 14.2 Å². The Hall–Kier alpha value is -1.38. The molecule has 4 nitrogen and oxygen atoms in total. The summed E-state index contributed by atoms with van der Waals surface area (Å²) in [5.41, 5.74) is 0.781. The van der Waals surface area contributed by atoms with E-state index in [9.17, 15) is 0 Å². The lowest BCUT2D eigenvalue weighted by Crippen LogP contribution is -2.36. The lowest BCUT2D eigenvalue weighted by molar-refractivity contribution is -0.0281. The van der Waals surface area contributed by atoms with Crippen LogP contribution in [0.25, 0.3) is 0 Å². The normalized spacial score (nSPS) is 17.8. The third-order valence-electron chi connectivity index (χ3n) is 4.19. The van der Waals surface area contributed by atoms with Crippen LogP contribution in [0.2, 0.25) is 0 Å². The van der Waals surface area contributed by atoms with Gasteiger partial charge in [0.1, 0.15) is 5.60 Å². The summed E-state index contributed by atoms with van der Waals surface area (Å²) in [6.07, 6.45) is 0.863. The van der Waals surface area contributed by atoms with Gasteiger partial charge in [0, 0.05) is 13.1 Å². The van der Waals surface area contributed by atoms with Crippen LogP contribution < -0.4 is 0 Å². The van der Waals surface area contributed by atoms with Crippen LogP contribution in [0.1, 0.15) is 25.8 Å². The molecule has 0 bridgehead atoms. The summed E-state index contributed by atoms with van der Waals surface area (Å²) in [5, 5.41) is 0. The minimum absolute atomic E-state index is 0.400. The molecule has 1 fully saturated rings. The van der Waals surface area contributed by atoms with Crippen LogP contribution in [-0.2, 0) is 20.8 Å². The molecule has 1 aliphatic rings. The lowest BCUT2D eigenvalue weighted by Gasteiger charge is -2.25. The molecule has 0 radical (unpaired) electrons. The van der Waals surface area contributed by atoms with Gasteiger partial charge < -0.3 is 14.2 Å². The van der Waals surface area contributed by atoms with E-state index in [1.807, 2.05) is 18.2 Å². The number of rotatable bonds is 8. The van der Waals surface area contributed by atoms with E-state index in [1.54, 1.807) is 0 Å². The van der Waals surface area contributed by atoms with Crippen molar-refractivity contribution >= 4 is 0 Å². The Kier molecular flexibility index (Phi) is 8.27. The van der Waals surface area contributed by atoms with Gasteiger partial charge in [0.2, 0.25) is 0 Å². The molecule has 0 N–H and O–H groups in total. The van der Waals surface area contributed by atoms with Crippen molar-refractivity contribution in [3.63, 3.8) is 0 Å². The maximum Gasteiger partial charge on any atom is 0.125 e. The third kappa shape index (κ3) is 7.02. The summed E-state index contributed by atoms with van der Waals surface area (Å²) in [6.45, 7) is 10.2. The van der Waals surface area contributed by atoms with Crippen LogP contribution in [0.15, 0.2) is 30.3 Å². The van der Waals surface area contributed by atoms with E-state index in [2.05, 4.69) is 42.7 Å². The predicted molar refractivity (Wildman–Crippen MR) is 95.8 cm³/mol. The second-order valence-electron chi connectivity index (χ2n) is 6.16. The maximum atomic E-state index is 5.96. The van der Waals surface area contributed by atoms with Crippen LogP contribution in [0.5, 0.6) is 0 Å². The van der Waals surface area contributed by atoms with Crippen molar-refractivity contribution in [1.29, 1.82) is 0 Å². The fourth-order valence-corrected chi connectivity index (χ4v) is 2.41. The molecule has 0 amide bonds. The molecule has 1 saturated heterocycles. The molecule has 132 valence electrons. The van der Waals surface area contributed by atoms with Crippen LogP contribution in [0.3, 0.4) is 0 Å². The van der Waals surface area contributed by atoms with Gasteiger partial charge in [0.05, 0.1) is 39.6 Å². The van der Waals surface area contributed by atoms with Gasteiger partial charge in [-0.05, 0) is 18.9 Å². The molecule has 1 aromatic rings. The van der Waals surface area contributed by atoms with Crippen molar-refractivity contribution in [2.45, 2.75) is 32.5 Å². The van der Waals surface area contributed by atoms with Gasteiger partial charge in [-0.2, -0.15) is 0 Å². The molecule has 2 rings (SSSR count). The van der Waals surface area contributed by atoms with Gasteiger partial charge in [0.15, 0.2) is 0 Å². The smallest absolute Gasteiger partial charge is 0.125 e. The Morgan fingerprint density at radius 2 is 1.92 bits per heavy atom.